The molecule has 4 heteroatoms. The Kier molecular flexibility index (Phi) is 3.28. The molecule has 0 atom stereocenters. The van der Waals surface area contributed by atoms with E-state index >= 15 is 0 Å². The summed E-state index contributed by atoms with van der Waals surface area (Å²) in [5.74, 6) is 0.299. The molecule has 0 aliphatic rings. The molecule has 0 unspecified atom stereocenters. The molecule has 2 rings (SSSR count). The first-order chi connectivity index (χ1) is 8.63. The Balaban J connectivity index is 2.44. The summed E-state index contributed by atoms with van der Waals surface area (Å²) in [7, 11) is 1.52. The molecule has 1 heterocycles. The van der Waals surface area contributed by atoms with Crippen LogP contribution in [0.2, 0.25) is 0 Å². The Hall–Kier alpha value is -2.36. The number of ether oxygens (including phenoxy) is 1. The summed E-state index contributed by atoms with van der Waals surface area (Å²) >= 11 is 0. The Morgan fingerprint density at radius 3 is 2.78 bits per heavy atom. The molecule has 0 bridgehead atoms. The van der Waals surface area contributed by atoms with Crippen LogP contribution in [0.1, 0.15) is 21.6 Å². The summed E-state index contributed by atoms with van der Waals surface area (Å²) in [5, 5.41) is 0. The number of benzene rings is 1. The van der Waals surface area contributed by atoms with Gasteiger partial charge in [-0.15, -0.1) is 0 Å². The summed E-state index contributed by atoms with van der Waals surface area (Å²) in [6.07, 6.45) is 1.57. The van der Waals surface area contributed by atoms with Crippen molar-refractivity contribution < 1.29 is 9.53 Å². The summed E-state index contributed by atoms with van der Waals surface area (Å²) in [6.45, 7) is 1.86. The molecule has 92 valence electrons. The zero-order valence-electron chi connectivity index (χ0n) is 10.3. The van der Waals surface area contributed by atoms with E-state index in [9.17, 15) is 4.79 Å². The number of aryl methyl sites for hydroxylation is 1. The number of pyridine rings is 1. The Bertz CT molecular complexity index is 594. The first-order valence-electron chi connectivity index (χ1n) is 5.53. The predicted octanol–water partition coefficient (Wildman–Crippen LogP) is 2.21. The number of nitrogens with two attached hydrogens (primary N) is 1. The van der Waals surface area contributed by atoms with Crippen molar-refractivity contribution >= 4 is 11.5 Å². The second-order valence-corrected chi connectivity index (χ2v) is 3.95. The van der Waals surface area contributed by atoms with Crippen molar-refractivity contribution in [3.8, 4) is 5.75 Å². The number of anilines is 1. The number of hydrogen-bond acceptors (Lipinski definition) is 4. The van der Waals surface area contributed by atoms with Gasteiger partial charge in [0.15, 0.2) is 5.69 Å². The van der Waals surface area contributed by atoms with Gasteiger partial charge in [0.05, 0.1) is 7.11 Å². The smallest absolute Gasteiger partial charge is 0.215 e. The van der Waals surface area contributed by atoms with Crippen LogP contribution >= 0.6 is 0 Å². The van der Waals surface area contributed by atoms with Crippen LogP contribution in [-0.4, -0.2) is 17.9 Å². The predicted molar refractivity (Wildman–Crippen MR) is 69.8 cm³/mol. The lowest BCUT2D eigenvalue weighted by atomic mass is 10.0. The second-order valence-electron chi connectivity index (χ2n) is 3.95. The van der Waals surface area contributed by atoms with Gasteiger partial charge in [-0.05, 0) is 42.8 Å². The SMILES string of the molecule is COc1cccnc1C(=O)c1ccc(N)c(C)c1. The number of carbonyl (C=O) groups is 1. The van der Waals surface area contributed by atoms with Gasteiger partial charge in [0.2, 0.25) is 5.78 Å². The highest BCUT2D eigenvalue weighted by Crippen LogP contribution is 2.20. The lowest BCUT2D eigenvalue weighted by Gasteiger charge is -2.07. The van der Waals surface area contributed by atoms with E-state index in [4.69, 9.17) is 10.5 Å². The van der Waals surface area contributed by atoms with E-state index in [1.165, 1.54) is 7.11 Å². The fourth-order valence-corrected chi connectivity index (χ4v) is 1.68. The number of ketones is 1. The van der Waals surface area contributed by atoms with Gasteiger partial charge in [0.1, 0.15) is 5.75 Å². The molecule has 2 aromatic rings. The molecule has 0 fully saturated rings. The molecule has 2 N–H and O–H groups in total. The number of carbonyl (C=O) groups excluding carboxylic acids is 1. The van der Waals surface area contributed by atoms with Gasteiger partial charge in [-0.1, -0.05) is 0 Å². The number of methoxy groups -OCH3 is 1. The number of hydrogen-bond donors (Lipinski definition) is 1. The summed E-state index contributed by atoms with van der Waals surface area (Å²) < 4.78 is 5.13. The van der Waals surface area contributed by atoms with Crippen molar-refractivity contribution in [1.29, 1.82) is 0 Å². The monoisotopic (exact) mass is 242 g/mol. The molecule has 4 nitrogen and oxygen atoms in total. The number of nitrogen functional groups attached to an aromatic ring is 1. The van der Waals surface area contributed by atoms with E-state index in [0.29, 0.717) is 22.7 Å². The lowest BCUT2D eigenvalue weighted by molar-refractivity contribution is 0.103. The Morgan fingerprint density at radius 2 is 2.11 bits per heavy atom. The van der Waals surface area contributed by atoms with E-state index in [-0.39, 0.29) is 5.78 Å². The van der Waals surface area contributed by atoms with Crippen LogP contribution in [-0.2, 0) is 0 Å². The first-order valence-corrected chi connectivity index (χ1v) is 5.53. The minimum atomic E-state index is -0.171. The highest BCUT2D eigenvalue weighted by atomic mass is 16.5. The first kappa shape index (κ1) is 12.1. The fourth-order valence-electron chi connectivity index (χ4n) is 1.68. The van der Waals surface area contributed by atoms with Gasteiger partial charge in [-0.3, -0.25) is 4.79 Å². The van der Waals surface area contributed by atoms with Gasteiger partial charge in [-0.2, -0.15) is 0 Å². The van der Waals surface area contributed by atoms with Crippen LogP contribution in [0.5, 0.6) is 5.75 Å². The van der Waals surface area contributed by atoms with Crippen LogP contribution in [0.4, 0.5) is 5.69 Å². The molecule has 18 heavy (non-hydrogen) atoms. The maximum atomic E-state index is 12.3. The molecule has 0 spiro atoms. The molecule has 0 radical (unpaired) electrons. The van der Waals surface area contributed by atoms with Gasteiger partial charge >= 0.3 is 0 Å². The topological polar surface area (TPSA) is 65.2 Å². The number of nitrogens with zero attached hydrogens (tertiary/aromatic N) is 1. The lowest BCUT2D eigenvalue weighted by Crippen LogP contribution is -2.07. The van der Waals surface area contributed by atoms with Crippen molar-refractivity contribution in [3.63, 3.8) is 0 Å². The number of rotatable bonds is 3. The van der Waals surface area contributed by atoms with Crippen molar-refractivity contribution in [3.05, 3.63) is 53.3 Å². The zero-order valence-corrected chi connectivity index (χ0v) is 10.3. The second kappa shape index (κ2) is 4.87. The minimum absolute atomic E-state index is 0.171. The van der Waals surface area contributed by atoms with Crippen LogP contribution < -0.4 is 10.5 Å². The third kappa shape index (κ3) is 2.18. The Morgan fingerprint density at radius 1 is 1.33 bits per heavy atom. The molecule has 0 saturated heterocycles. The largest absolute Gasteiger partial charge is 0.494 e. The third-order valence-corrected chi connectivity index (χ3v) is 2.74. The van der Waals surface area contributed by atoms with Gasteiger partial charge in [0.25, 0.3) is 0 Å². The molecule has 0 aliphatic carbocycles. The van der Waals surface area contributed by atoms with E-state index in [1.807, 2.05) is 6.92 Å². The average Bonchev–Trinajstić information content (AvgIpc) is 2.41. The quantitative estimate of drug-likeness (QED) is 0.662. The number of aromatic nitrogens is 1. The van der Waals surface area contributed by atoms with Gasteiger partial charge in [0, 0.05) is 17.4 Å². The molecule has 0 amide bonds. The molecule has 1 aromatic heterocycles. The maximum absolute atomic E-state index is 12.3. The maximum Gasteiger partial charge on any atom is 0.215 e. The van der Waals surface area contributed by atoms with Crippen molar-refractivity contribution in [2.75, 3.05) is 12.8 Å². The fraction of sp³-hybridized carbons (Fsp3) is 0.143. The summed E-state index contributed by atoms with van der Waals surface area (Å²) in [5.41, 5.74) is 8.13. The highest BCUT2D eigenvalue weighted by Gasteiger charge is 2.15. The van der Waals surface area contributed by atoms with Crippen LogP contribution in [0, 0.1) is 6.92 Å². The molecular weight excluding hydrogens is 228 g/mol. The van der Waals surface area contributed by atoms with Crippen LogP contribution in [0.25, 0.3) is 0 Å². The van der Waals surface area contributed by atoms with Gasteiger partial charge < -0.3 is 10.5 Å². The van der Waals surface area contributed by atoms with Crippen molar-refractivity contribution in [2.45, 2.75) is 6.92 Å². The standard InChI is InChI=1S/C14H14N2O2/c1-9-8-10(5-6-11(9)15)14(17)13-12(18-2)4-3-7-16-13/h3-8H,15H2,1-2H3. The van der Waals surface area contributed by atoms with E-state index in [1.54, 1.807) is 36.5 Å². The normalized spacial score (nSPS) is 10.1. The molecule has 1 aromatic carbocycles. The van der Waals surface area contributed by atoms with Crippen LogP contribution in [0.3, 0.4) is 0 Å². The van der Waals surface area contributed by atoms with E-state index in [0.717, 1.165) is 5.56 Å². The summed E-state index contributed by atoms with van der Waals surface area (Å²) in [4.78, 5) is 16.4. The van der Waals surface area contributed by atoms with Crippen LogP contribution in [0.15, 0.2) is 36.5 Å². The minimum Gasteiger partial charge on any atom is -0.494 e. The van der Waals surface area contributed by atoms with Gasteiger partial charge in [-0.25, -0.2) is 4.98 Å². The van der Waals surface area contributed by atoms with E-state index < -0.39 is 0 Å². The van der Waals surface area contributed by atoms with Crippen molar-refractivity contribution in [1.82, 2.24) is 4.98 Å². The Labute approximate surface area is 105 Å². The third-order valence-electron chi connectivity index (χ3n) is 2.74. The molecular formula is C14H14N2O2. The summed E-state index contributed by atoms with van der Waals surface area (Å²) in [6, 6.07) is 8.61. The average molecular weight is 242 g/mol. The molecule has 0 saturated carbocycles. The highest BCUT2D eigenvalue weighted by molar-refractivity contribution is 6.09. The molecule has 0 aliphatic heterocycles. The van der Waals surface area contributed by atoms with E-state index in [2.05, 4.69) is 4.98 Å². The van der Waals surface area contributed by atoms with Crippen molar-refractivity contribution in [2.24, 2.45) is 0 Å². The zero-order chi connectivity index (χ0) is 13.1.